The van der Waals surface area contributed by atoms with Crippen molar-refractivity contribution in [1.82, 2.24) is 9.71 Å². The first-order valence-electron chi connectivity index (χ1n) is 9.59. The topological polar surface area (TPSA) is 91.1 Å². The number of rotatable bonds is 5. The van der Waals surface area contributed by atoms with Gasteiger partial charge in [0.05, 0.1) is 4.91 Å². The van der Waals surface area contributed by atoms with Crippen LogP contribution in [0.3, 0.4) is 0 Å². The summed E-state index contributed by atoms with van der Waals surface area (Å²) >= 11 is 0. The average molecular weight is 445 g/mol. The Morgan fingerprint density at radius 3 is 2.62 bits per heavy atom. The molecular weight excluding hydrogens is 430 g/mol. The molecule has 1 amide bonds. The molecule has 0 bridgehead atoms. The van der Waals surface area contributed by atoms with Gasteiger partial charge in [-0.05, 0) is 35.9 Å². The number of benzene rings is 2. The van der Waals surface area contributed by atoms with Crippen LogP contribution in [0, 0.1) is 6.57 Å². The molecule has 0 aliphatic carbocycles. The number of fused-ring (bicyclic) bond motifs is 1. The number of pyridine rings is 1. The van der Waals surface area contributed by atoms with E-state index in [0.717, 1.165) is 5.56 Å². The molecule has 0 spiro atoms. The number of hydrogen-bond acceptors (Lipinski definition) is 6. The van der Waals surface area contributed by atoms with Gasteiger partial charge in [-0.25, -0.2) is 4.21 Å². The Morgan fingerprint density at radius 2 is 1.94 bits per heavy atom. The molecule has 2 atom stereocenters. The summed E-state index contributed by atoms with van der Waals surface area (Å²) in [4.78, 5) is 19.1. The molecule has 3 aromatic rings. The molecule has 3 heterocycles. The first-order chi connectivity index (χ1) is 15.6. The molecule has 2 aliphatic rings. The molecule has 8 nitrogen and oxygen atoms in total. The lowest BCUT2D eigenvalue weighted by Crippen LogP contribution is -2.16. The highest BCUT2D eigenvalue weighted by Crippen LogP contribution is 2.43. The Kier molecular flexibility index (Phi) is 5.05. The molecule has 1 N–H and O–H groups in total. The van der Waals surface area contributed by atoms with Crippen molar-refractivity contribution in [2.75, 3.05) is 6.61 Å². The van der Waals surface area contributed by atoms with Crippen LogP contribution >= 0.6 is 0 Å². The Bertz CT molecular complexity index is 1300. The maximum absolute atomic E-state index is 11.9. The number of para-hydroxylation sites is 1. The van der Waals surface area contributed by atoms with Gasteiger partial charge < -0.3 is 19.1 Å². The van der Waals surface area contributed by atoms with Crippen LogP contribution in [-0.2, 0) is 15.8 Å². The van der Waals surface area contributed by atoms with Crippen molar-refractivity contribution in [2.24, 2.45) is 0 Å². The van der Waals surface area contributed by atoms with Gasteiger partial charge in [0.15, 0.2) is 40.5 Å². The predicted octanol–water partition coefficient (Wildman–Crippen LogP) is 4.07. The SMILES string of the molecule is [C-]#[N+]c1ccc(Oc2cccc3c2OC[C@H]3Oc2ccc(C3=CC(=O)NS3=O)cc2)cn1. The molecule has 5 rings (SSSR count). The molecule has 158 valence electrons. The van der Waals surface area contributed by atoms with Crippen LogP contribution in [0.25, 0.3) is 9.75 Å². The van der Waals surface area contributed by atoms with Crippen LogP contribution in [0.2, 0.25) is 0 Å². The van der Waals surface area contributed by atoms with E-state index in [1.165, 1.54) is 12.3 Å². The minimum Gasteiger partial charge on any atom is -0.485 e. The van der Waals surface area contributed by atoms with E-state index in [0.29, 0.717) is 45.9 Å². The van der Waals surface area contributed by atoms with Gasteiger partial charge in [0.1, 0.15) is 12.4 Å². The van der Waals surface area contributed by atoms with Crippen molar-refractivity contribution in [1.29, 1.82) is 0 Å². The summed E-state index contributed by atoms with van der Waals surface area (Å²) < 4.78 is 32.1. The highest BCUT2D eigenvalue weighted by Gasteiger charge is 2.29. The number of ether oxygens (including phenoxy) is 3. The summed E-state index contributed by atoms with van der Waals surface area (Å²) in [6.45, 7) is 7.30. The normalized spacial score (nSPS) is 18.7. The molecular formula is C23H15N3O5S. The van der Waals surface area contributed by atoms with Crippen molar-refractivity contribution in [2.45, 2.75) is 6.10 Å². The van der Waals surface area contributed by atoms with Gasteiger partial charge >= 0.3 is 0 Å². The summed E-state index contributed by atoms with van der Waals surface area (Å²) in [6, 6.07) is 15.9. The molecule has 32 heavy (non-hydrogen) atoms. The van der Waals surface area contributed by atoms with Gasteiger partial charge in [0.2, 0.25) is 0 Å². The Hall–Kier alpha value is -4.16. The highest BCUT2D eigenvalue weighted by molar-refractivity contribution is 7.93. The number of hydrogen-bond donors (Lipinski definition) is 1. The van der Waals surface area contributed by atoms with Crippen LogP contribution < -0.4 is 18.9 Å². The van der Waals surface area contributed by atoms with E-state index in [1.807, 2.05) is 12.1 Å². The summed E-state index contributed by atoms with van der Waals surface area (Å²) in [5, 5.41) is 0. The summed E-state index contributed by atoms with van der Waals surface area (Å²) in [6.07, 6.45) is 2.50. The third-order valence-electron chi connectivity index (χ3n) is 4.87. The Morgan fingerprint density at radius 1 is 1.12 bits per heavy atom. The first-order valence-corrected chi connectivity index (χ1v) is 10.7. The maximum Gasteiger partial charge on any atom is 0.269 e. The van der Waals surface area contributed by atoms with Gasteiger partial charge in [-0.2, -0.15) is 0 Å². The van der Waals surface area contributed by atoms with E-state index in [4.69, 9.17) is 20.8 Å². The van der Waals surface area contributed by atoms with E-state index >= 15 is 0 Å². The van der Waals surface area contributed by atoms with Crippen LogP contribution in [0.1, 0.15) is 17.2 Å². The second-order valence-corrected chi connectivity index (χ2v) is 8.11. The first kappa shape index (κ1) is 19.8. The quantitative estimate of drug-likeness (QED) is 0.596. The number of amides is 1. The molecule has 0 saturated heterocycles. The third-order valence-corrected chi connectivity index (χ3v) is 6.01. The highest BCUT2D eigenvalue weighted by atomic mass is 32.2. The molecule has 1 aromatic heterocycles. The van der Waals surface area contributed by atoms with Gasteiger partial charge in [0, 0.05) is 11.6 Å². The molecule has 9 heteroatoms. The average Bonchev–Trinajstić information content (AvgIpc) is 3.38. The van der Waals surface area contributed by atoms with E-state index in [1.54, 1.807) is 42.5 Å². The maximum atomic E-state index is 11.9. The minimum atomic E-state index is -1.54. The van der Waals surface area contributed by atoms with E-state index in [-0.39, 0.29) is 12.0 Å². The van der Waals surface area contributed by atoms with Crippen molar-refractivity contribution in [3.05, 3.63) is 89.4 Å². The second-order valence-electron chi connectivity index (χ2n) is 6.93. The third kappa shape index (κ3) is 3.79. The van der Waals surface area contributed by atoms with Gasteiger partial charge in [-0.1, -0.05) is 30.8 Å². The lowest BCUT2D eigenvalue weighted by molar-refractivity contribution is -0.114. The van der Waals surface area contributed by atoms with Gasteiger partial charge in [0.25, 0.3) is 11.7 Å². The zero-order valence-electron chi connectivity index (χ0n) is 16.5. The van der Waals surface area contributed by atoms with Crippen molar-refractivity contribution in [3.63, 3.8) is 0 Å². The molecule has 0 fully saturated rings. The van der Waals surface area contributed by atoms with Gasteiger partial charge in [-0.15, -0.1) is 4.98 Å². The van der Waals surface area contributed by atoms with Crippen LogP contribution in [0.15, 0.2) is 66.9 Å². The Balaban J connectivity index is 1.32. The van der Waals surface area contributed by atoms with Crippen LogP contribution in [0.5, 0.6) is 23.0 Å². The molecule has 1 unspecified atom stereocenters. The number of nitrogens with zero attached hydrogens (tertiary/aromatic N) is 2. The van der Waals surface area contributed by atoms with Crippen molar-refractivity contribution < 1.29 is 23.2 Å². The monoisotopic (exact) mass is 445 g/mol. The smallest absolute Gasteiger partial charge is 0.269 e. The van der Waals surface area contributed by atoms with Crippen molar-refractivity contribution in [3.8, 4) is 23.0 Å². The number of aromatic nitrogens is 1. The predicted molar refractivity (Wildman–Crippen MR) is 117 cm³/mol. The number of carbonyl (C=O) groups is 1. The largest absolute Gasteiger partial charge is 0.485 e. The second kappa shape index (κ2) is 8.17. The summed E-state index contributed by atoms with van der Waals surface area (Å²) in [7, 11) is -1.54. The fourth-order valence-corrected chi connectivity index (χ4v) is 4.31. The minimum absolute atomic E-state index is 0.296. The molecule has 2 aliphatic heterocycles. The van der Waals surface area contributed by atoms with Crippen molar-refractivity contribution >= 4 is 27.6 Å². The van der Waals surface area contributed by atoms with Crippen LogP contribution in [0.4, 0.5) is 5.82 Å². The number of carbonyl (C=O) groups excluding carboxylic acids is 1. The molecule has 0 radical (unpaired) electrons. The van der Waals surface area contributed by atoms with Crippen LogP contribution in [-0.4, -0.2) is 21.7 Å². The fraction of sp³-hybridized carbons (Fsp3) is 0.0870. The summed E-state index contributed by atoms with van der Waals surface area (Å²) in [5.41, 5.74) is 1.54. The molecule has 0 saturated carbocycles. The zero-order valence-corrected chi connectivity index (χ0v) is 17.3. The standard InChI is InChI=1S/C23H15N3O5S/c1-24-21-10-9-16(12-25-21)31-18-4-2-3-17-19(13-29-23(17)18)30-15-7-5-14(6-8-15)20-11-22(27)26-32(20)28/h2-12,19H,13H2,(H,26,27)/t19-,32?/m1/s1. The summed E-state index contributed by atoms with van der Waals surface area (Å²) in [5.74, 6) is 2.18. The molecule has 2 aromatic carbocycles. The fourth-order valence-electron chi connectivity index (χ4n) is 3.39. The number of nitrogens with one attached hydrogen (secondary N) is 1. The van der Waals surface area contributed by atoms with E-state index < -0.39 is 11.0 Å². The lowest BCUT2D eigenvalue weighted by atomic mass is 10.1. The lowest BCUT2D eigenvalue weighted by Gasteiger charge is -2.13. The zero-order chi connectivity index (χ0) is 22.1. The van der Waals surface area contributed by atoms with Gasteiger partial charge in [-0.3, -0.25) is 9.52 Å². The van der Waals surface area contributed by atoms with E-state index in [2.05, 4.69) is 14.6 Å². The van der Waals surface area contributed by atoms with E-state index in [9.17, 15) is 9.00 Å². The Labute approximate surface area is 185 Å².